The number of thioether (sulfide) groups is 1. The highest BCUT2D eigenvalue weighted by atomic mass is 35.5. The van der Waals surface area contributed by atoms with E-state index in [0.29, 0.717) is 22.9 Å². The van der Waals surface area contributed by atoms with Gasteiger partial charge in [0.05, 0.1) is 46.9 Å². The van der Waals surface area contributed by atoms with Gasteiger partial charge in [0.15, 0.2) is 0 Å². The topological polar surface area (TPSA) is 95.3 Å². The lowest BCUT2D eigenvalue weighted by Gasteiger charge is -2.45. The Morgan fingerprint density at radius 1 is 1.20 bits per heavy atom. The van der Waals surface area contributed by atoms with Crippen LogP contribution in [-0.2, 0) is 17.5 Å². The van der Waals surface area contributed by atoms with E-state index in [0.717, 1.165) is 22.7 Å². The Balaban J connectivity index is 1.37. The molecule has 2 fully saturated rings. The van der Waals surface area contributed by atoms with Crippen LogP contribution in [0.3, 0.4) is 0 Å². The Labute approximate surface area is 242 Å². The number of imide groups is 1. The summed E-state index contributed by atoms with van der Waals surface area (Å²) in [6.07, 6.45) is -2.37. The molecule has 0 saturated carbocycles. The molecule has 3 aromatic rings. The average Bonchev–Trinajstić information content (AvgIpc) is 3.56. The highest BCUT2D eigenvalue weighted by Gasteiger charge is 2.53. The molecule has 0 radical (unpaired) electrons. The second kappa shape index (κ2) is 10.2. The third-order valence-corrected chi connectivity index (χ3v) is 8.97. The predicted octanol–water partition coefficient (Wildman–Crippen LogP) is 5.52. The first-order chi connectivity index (χ1) is 19.1. The molecular weight excluding hydrogens is 581 g/mol. The molecular formula is C28H26ClF3N4O4S. The molecule has 0 spiro atoms. The van der Waals surface area contributed by atoms with Crippen LogP contribution >= 0.6 is 23.4 Å². The number of nitrogens with zero attached hydrogens (tertiary/aromatic N) is 4. The van der Waals surface area contributed by atoms with Crippen LogP contribution in [-0.4, -0.2) is 61.1 Å². The van der Waals surface area contributed by atoms with E-state index in [4.69, 9.17) is 11.6 Å². The van der Waals surface area contributed by atoms with Gasteiger partial charge in [-0.3, -0.25) is 23.7 Å². The molecule has 8 nitrogen and oxygen atoms in total. The number of likely N-dealkylation sites (tertiary alicyclic amines) is 1. The van der Waals surface area contributed by atoms with Gasteiger partial charge in [-0.05, 0) is 74.0 Å². The number of benzene rings is 2. The number of halogens is 4. The van der Waals surface area contributed by atoms with E-state index < -0.39 is 40.6 Å². The number of carbonyl (C=O) groups excluding carboxylic acids is 3. The van der Waals surface area contributed by atoms with E-state index in [1.807, 2.05) is 0 Å². The number of fused-ring (bicyclic) bond motifs is 1. The van der Waals surface area contributed by atoms with Crippen molar-refractivity contribution in [3.8, 4) is 0 Å². The van der Waals surface area contributed by atoms with Crippen LogP contribution in [0.15, 0.2) is 47.5 Å². The Bertz CT molecular complexity index is 1610. The van der Waals surface area contributed by atoms with Gasteiger partial charge in [-0.25, -0.2) is 0 Å². The molecule has 5 rings (SSSR count). The lowest BCUT2D eigenvalue weighted by Crippen LogP contribution is -2.67. The molecule has 2 aromatic carbocycles. The van der Waals surface area contributed by atoms with Gasteiger partial charge in [-0.2, -0.15) is 18.3 Å². The maximum atomic E-state index is 13.5. The van der Waals surface area contributed by atoms with E-state index >= 15 is 0 Å². The van der Waals surface area contributed by atoms with Crippen molar-refractivity contribution >= 4 is 57.6 Å². The van der Waals surface area contributed by atoms with Crippen LogP contribution in [0.2, 0.25) is 5.02 Å². The predicted molar refractivity (Wildman–Crippen MR) is 147 cm³/mol. The quantitative estimate of drug-likeness (QED) is 0.287. The van der Waals surface area contributed by atoms with E-state index in [9.17, 15) is 32.7 Å². The summed E-state index contributed by atoms with van der Waals surface area (Å²) in [7, 11) is 0. The molecule has 3 heterocycles. The SMILES string of the molecule is CC(C)(C)[N+]1(C(=O)[O-])CC[C@@H](N2C(=O)S/C(=C\c3ccc4c(cnn4Cc4ccc(Cl)cc4C(F)(F)F)c3)C2=O)C1. The van der Waals surface area contributed by atoms with Crippen LogP contribution in [0.5, 0.6) is 0 Å². The second-order valence-corrected chi connectivity index (χ2v) is 12.7. The molecule has 0 N–H and O–H groups in total. The summed E-state index contributed by atoms with van der Waals surface area (Å²) in [5, 5.41) is 16.5. The van der Waals surface area contributed by atoms with Crippen molar-refractivity contribution in [2.24, 2.45) is 0 Å². The molecule has 2 atom stereocenters. The summed E-state index contributed by atoms with van der Waals surface area (Å²) in [6.45, 7) is 5.57. The smallest absolute Gasteiger partial charge is 0.416 e. The molecule has 2 saturated heterocycles. The highest BCUT2D eigenvalue weighted by Crippen LogP contribution is 2.40. The van der Waals surface area contributed by atoms with E-state index in [1.165, 1.54) is 23.0 Å². The van der Waals surface area contributed by atoms with Gasteiger partial charge in [-0.15, -0.1) is 0 Å². The minimum Gasteiger partial charge on any atom is -0.498 e. The van der Waals surface area contributed by atoms with Gasteiger partial charge in [0.1, 0.15) is 6.54 Å². The third kappa shape index (κ3) is 5.24. The van der Waals surface area contributed by atoms with Crippen molar-refractivity contribution in [1.29, 1.82) is 0 Å². The number of hydrogen-bond acceptors (Lipinski definition) is 6. The van der Waals surface area contributed by atoms with Crippen LogP contribution < -0.4 is 5.11 Å². The number of hydrogen-bond donors (Lipinski definition) is 0. The standard InChI is InChI=1S/C28H26ClF3N4O4S/c1-27(2,3)36(26(39)40)9-8-20(15-36)35-24(37)23(41-25(35)38)11-16-4-7-22-18(10-16)13-33-34(22)14-17-5-6-19(29)12-21(17)28(30,31)32/h4-7,10-13,20H,8-9,14-15H2,1-3H3/b23-11-/t20-,36?/m1/s1. The van der Waals surface area contributed by atoms with Gasteiger partial charge >= 0.3 is 6.18 Å². The molecule has 216 valence electrons. The summed E-state index contributed by atoms with van der Waals surface area (Å²) >= 11 is 6.58. The van der Waals surface area contributed by atoms with Gasteiger partial charge in [0, 0.05) is 16.8 Å². The first kappa shape index (κ1) is 29.2. The zero-order chi connectivity index (χ0) is 29.9. The molecule has 3 amide bonds. The van der Waals surface area contributed by atoms with Crippen LogP contribution in [0.4, 0.5) is 22.8 Å². The first-order valence-electron chi connectivity index (χ1n) is 12.8. The number of alkyl halides is 3. The second-order valence-electron chi connectivity index (χ2n) is 11.2. The fraction of sp³-hybridized carbons (Fsp3) is 0.357. The zero-order valence-electron chi connectivity index (χ0n) is 22.4. The number of aromatic nitrogens is 2. The molecule has 1 unspecified atom stereocenters. The van der Waals surface area contributed by atoms with E-state index in [2.05, 4.69) is 5.10 Å². The first-order valence-corrected chi connectivity index (χ1v) is 14.0. The Kier molecular flexibility index (Phi) is 7.24. The van der Waals surface area contributed by atoms with Crippen molar-refractivity contribution in [3.63, 3.8) is 0 Å². The monoisotopic (exact) mass is 606 g/mol. The fourth-order valence-corrected chi connectivity index (χ4v) is 6.62. The molecule has 0 aliphatic carbocycles. The van der Waals surface area contributed by atoms with Gasteiger partial charge in [0.25, 0.3) is 17.2 Å². The largest absolute Gasteiger partial charge is 0.498 e. The third-order valence-electron chi connectivity index (χ3n) is 7.85. The normalized spacial score (nSPS) is 22.9. The molecule has 2 aliphatic rings. The Hall–Kier alpha value is -3.35. The molecule has 2 aliphatic heterocycles. The maximum Gasteiger partial charge on any atom is 0.416 e. The molecule has 13 heteroatoms. The molecule has 1 aromatic heterocycles. The number of carbonyl (C=O) groups is 3. The van der Waals surface area contributed by atoms with Crippen molar-refractivity contribution in [2.45, 2.75) is 51.5 Å². The van der Waals surface area contributed by atoms with Crippen LogP contribution in [0.25, 0.3) is 17.0 Å². The van der Waals surface area contributed by atoms with E-state index in [1.54, 1.807) is 45.0 Å². The zero-order valence-corrected chi connectivity index (χ0v) is 23.9. The highest BCUT2D eigenvalue weighted by molar-refractivity contribution is 8.18. The van der Waals surface area contributed by atoms with Gasteiger partial charge in [-0.1, -0.05) is 23.7 Å². The van der Waals surface area contributed by atoms with Crippen molar-refractivity contribution in [2.75, 3.05) is 13.1 Å². The van der Waals surface area contributed by atoms with E-state index in [-0.39, 0.29) is 39.6 Å². The number of amides is 3. The van der Waals surface area contributed by atoms with Crippen LogP contribution in [0, 0.1) is 0 Å². The maximum absolute atomic E-state index is 13.5. The van der Waals surface area contributed by atoms with Gasteiger partial charge < -0.3 is 9.90 Å². The number of carboxylic acid groups (broad SMARTS) is 1. The van der Waals surface area contributed by atoms with Crippen molar-refractivity contribution in [1.82, 2.24) is 14.7 Å². The molecule has 0 bridgehead atoms. The average molecular weight is 607 g/mol. The Morgan fingerprint density at radius 3 is 2.56 bits per heavy atom. The lowest BCUT2D eigenvalue weighted by atomic mass is 10.0. The van der Waals surface area contributed by atoms with Gasteiger partial charge in [0.2, 0.25) is 0 Å². The van der Waals surface area contributed by atoms with Crippen molar-refractivity contribution < 1.29 is 37.1 Å². The summed E-state index contributed by atoms with van der Waals surface area (Å²) < 4.78 is 41.7. The minimum absolute atomic E-state index is 0.0140. The summed E-state index contributed by atoms with van der Waals surface area (Å²) in [6, 6.07) is 8.15. The minimum atomic E-state index is -4.57. The number of rotatable bonds is 4. The van der Waals surface area contributed by atoms with Crippen molar-refractivity contribution in [3.05, 3.63) is 69.2 Å². The Morgan fingerprint density at radius 2 is 1.93 bits per heavy atom. The lowest BCUT2D eigenvalue weighted by molar-refractivity contribution is -0.909. The summed E-state index contributed by atoms with van der Waals surface area (Å²) in [5.41, 5.74) is -0.299. The fourth-order valence-electron chi connectivity index (χ4n) is 5.55. The van der Waals surface area contributed by atoms with Crippen LogP contribution in [0.1, 0.15) is 43.9 Å². The summed E-state index contributed by atoms with van der Waals surface area (Å²) in [4.78, 5) is 39.6. The number of quaternary nitrogens is 1. The summed E-state index contributed by atoms with van der Waals surface area (Å²) in [5.74, 6) is -0.490. The molecule has 41 heavy (non-hydrogen) atoms.